The second-order valence-corrected chi connectivity index (χ2v) is 10.1. The Bertz CT molecular complexity index is 1710. The predicted molar refractivity (Wildman–Crippen MR) is 155 cm³/mol. The number of anilines is 1. The number of rotatable bonds is 4. The van der Waals surface area contributed by atoms with Crippen LogP contribution in [0.3, 0.4) is 0 Å². The molecule has 6 nitrogen and oxygen atoms in total. The number of hydrogen-bond donors (Lipinski definition) is 0. The lowest BCUT2D eigenvalue weighted by molar-refractivity contribution is -0.121. The fraction of sp³-hybridized carbons (Fsp3) is 0.0909. The van der Waals surface area contributed by atoms with E-state index in [1.807, 2.05) is 72.8 Å². The molecule has 0 saturated carbocycles. The molecule has 2 heterocycles. The van der Waals surface area contributed by atoms with Crippen LogP contribution in [0.2, 0.25) is 5.02 Å². The fourth-order valence-corrected chi connectivity index (χ4v) is 5.57. The maximum Gasteiger partial charge on any atom is 0.278 e. The minimum absolute atomic E-state index is 0.0758. The number of benzene rings is 4. The van der Waals surface area contributed by atoms with E-state index < -0.39 is 11.3 Å². The van der Waals surface area contributed by atoms with Crippen LogP contribution in [0.1, 0.15) is 33.5 Å². The summed E-state index contributed by atoms with van der Waals surface area (Å²) in [5.74, 6) is -0.671. The smallest absolute Gasteiger partial charge is 0.278 e. The minimum atomic E-state index is -1.43. The molecule has 194 valence electrons. The number of fused-ring (bicyclic) bond motifs is 2. The fourth-order valence-electron chi connectivity index (χ4n) is 5.40. The second kappa shape index (κ2) is 10.3. The molecule has 2 amide bonds. The van der Waals surface area contributed by atoms with Crippen LogP contribution < -0.4 is 4.90 Å². The molecule has 6 rings (SSSR count). The monoisotopic (exact) mass is 542 g/mol. The van der Waals surface area contributed by atoms with Crippen LogP contribution in [-0.2, 0) is 16.8 Å². The van der Waals surface area contributed by atoms with Gasteiger partial charge in [-0.25, -0.2) is 5.01 Å². The van der Waals surface area contributed by atoms with Crippen LogP contribution in [-0.4, -0.2) is 22.5 Å². The molecule has 4 aromatic carbocycles. The summed E-state index contributed by atoms with van der Waals surface area (Å²) in [6.45, 7) is 0.319. The maximum atomic E-state index is 14.6. The first kappa shape index (κ1) is 25.3. The quantitative estimate of drug-likeness (QED) is 0.296. The van der Waals surface area contributed by atoms with Crippen molar-refractivity contribution in [2.45, 2.75) is 18.4 Å². The molecule has 40 heavy (non-hydrogen) atoms. The summed E-state index contributed by atoms with van der Waals surface area (Å²) < 4.78 is 0. The normalized spacial score (nSPS) is 18.1. The van der Waals surface area contributed by atoms with Gasteiger partial charge in [0.25, 0.3) is 5.91 Å². The van der Waals surface area contributed by atoms with Crippen molar-refractivity contribution in [1.82, 2.24) is 5.01 Å². The lowest BCUT2D eigenvalue weighted by Gasteiger charge is -2.28. The summed E-state index contributed by atoms with van der Waals surface area (Å²) in [5, 5.41) is 16.9. The molecule has 1 spiro atoms. The van der Waals surface area contributed by atoms with Gasteiger partial charge in [0.2, 0.25) is 5.91 Å². The molecule has 4 aromatic rings. The standard InChI is InChI=1S/C33H23ClN4O2/c34-27-16-17-30-28(18-27)33(32(40)37(30)21-23-10-4-1-5-11-23)19-29(24-12-6-2-7-13-24)36-38(22-26(33)20-35)31(39)25-14-8-3-9-15-25/h1-18,22H,19,21H2. The molecule has 0 aromatic heterocycles. The van der Waals surface area contributed by atoms with Gasteiger partial charge in [0, 0.05) is 28.9 Å². The summed E-state index contributed by atoms with van der Waals surface area (Å²) in [5.41, 5.74) is 2.60. The summed E-state index contributed by atoms with van der Waals surface area (Å²) in [6.07, 6.45) is 1.48. The van der Waals surface area contributed by atoms with Gasteiger partial charge in [0.1, 0.15) is 5.41 Å². The number of carbonyl (C=O) groups is 2. The van der Waals surface area contributed by atoms with Crippen molar-refractivity contribution in [3.8, 4) is 6.07 Å². The Labute approximate surface area is 237 Å². The highest BCUT2D eigenvalue weighted by atomic mass is 35.5. The van der Waals surface area contributed by atoms with Gasteiger partial charge in [-0.1, -0.05) is 90.5 Å². The molecule has 2 aliphatic heterocycles. The zero-order valence-corrected chi connectivity index (χ0v) is 22.1. The number of hydrazone groups is 1. The molecule has 0 radical (unpaired) electrons. The van der Waals surface area contributed by atoms with E-state index in [9.17, 15) is 14.9 Å². The van der Waals surface area contributed by atoms with Crippen molar-refractivity contribution >= 4 is 34.8 Å². The number of carbonyl (C=O) groups excluding carboxylic acids is 2. The van der Waals surface area contributed by atoms with Gasteiger partial charge in [0.05, 0.1) is 23.9 Å². The molecule has 2 aliphatic rings. The van der Waals surface area contributed by atoms with Gasteiger partial charge in [-0.15, -0.1) is 0 Å². The average molecular weight is 543 g/mol. The first-order valence-electron chi connectivity index (χ1n) is 12.8. The predicted octanol–water partition coefficient (Wildman–Crippen LogP) is 6.48. The number of nitriles is 1. The van der Waals surface area contributed by atoms with Crippen LogP contribution >= 0.6 is 11.6 Å². The molecule has 0 saturated heterocycles. The zero-order chi connectivity index (χ0) is 27.7. The van der Waals surface area contributed by atoms with Crippen molar-refractivity contribution in [2.24, 2.45) is 5.10 Å². The van der Waals surface area contributed by atoms with Gasteiger partial charge in [-0.05, 0) is 47.0 Å². The Morgan fingerprint density at radius 3 is 2.25 bits per heavy atom. The van der Waals surface area contributed by atoms with E-state index in [1.54, 1.807) is 41.3 Å². The van der Waals surface area contributed by atoms with Crippen LogP contribution in [0.25, 0.3) is 0 Å². The van der Waals surface area contributed by atoms with E-state index in [2.05, 4.69) is 6.07 Å². The Kier molecular flexibility index (Phi) is 6.51. The topological polar surface area (TPSA) is 76.8 Å². The third kappa shape index (κ3) is 4.27. The van der Waals surface area contributed by atoms with Gasteiger partial charge < -0.3 is 4.90 Å². The first-order chi connectivity index (χ1) is 19.5. The Morgan fingerprint density at radius 1 is 0.925 bits per heavy atom. The molecule has 0 N–H and O–H groups in total. The third-order valence-corrected chi connectivity index (χ3v) is 7.57. The Hall–Kier alpha value is -4.99. The minimum Gasteiger partial charge on any atom is -0.307 e. The number of nitrogens with zero attached hydrogens (tertiary/aromatic N) is 4. The van der Waals surface area contributed by atoms with E-state index in [0.717, 1.165) is 11.1 Å². The van der Waals surface area contributed by atoms with Gasteiger partial charge in [0.15, 0.2) is 0 Å². The lowest BCUT2D eigenvalue weighted by Crippen LogP contribution is -2.42. The van der Waals surface area contributed by atoms with Crippen molar-refractivity contribution in [1.29, 1.82) is 5.26 Å². The molecule has 1 atom stereocenters. The van der Waals surface area contributed by atoms with Crippen LogP contribution in [0, 0.1) is 11.3 Å². The van der Waals surface area contributed by atoms with Crippen molar-refractivity contribution in [3.63, 3.8) is 0 Å². The number of halogens is 1. The molecular formula is C33H23ClN4O2. The Balaban J connectivity index is 1.57. The molecule has 0 fully saturated rings. The van der Waals surface area contributed by atoms with Crippen molar-refractivity contribution in [3.05, 3.63) is 148 Å². The average Bonchev–Trinajstić information content (AvgIpc) is 3.12. The van der Waals surface area contributed by atoms with Crippen LogP contribution in [0.4, 0.5) is 5.69 Å². The van der Waals surface area contributed by atoms with Crippen LogP contribution in [0.5, 0.6) is 0 Å². The maximum absolute atomic E-state index is 14.6. The number of hydrogen-bond acceptors (Lipinski definition) is 4. The van der Waals surface area contributed by atoms with E-state index in [0.29, 0.717) is 34.1 Å². The highest BCUT2D eigenvalue weighted by Gasteiger charge is 2.55. The Morgan fingerprint density at radius 2 is 1.57 bits per heavy atom. The van der Waals surface area contributed by atoms with E-state index in [-0.39, 0.29) is 17.9 Å². The third-order valence-electron chi connectivity index (χ3n) is 7.33. The first-order valence-corrected chi connectivity index (χ1v) is 13.2. The molecular weight excluding hydrogens is 520 g/mol. The zero-order valence-electron chi connectivity index (χ0n) is 21.4. The summed E-state index contributed by atoms with van der Waals surface area (Å²) >= 11 is 6.50. The van der Waals surface area contributed by atoms with Crippen LogP contribution in [0.15, 0.2) is 126 Å². The highest BCUT2D eigenvalue weighted by molar-refractivity contribution is 6.31. The van der Waals surface area contributed by atoms with Crippen molar-refractivity contribution < 1.29 is 9.59 Å². The summed E-state index contributed by atoms with van der Waals surface area (Å²) in [6, 6.07) is 35.4. The SMILES string of the molecule is N#CC1=CN(C(=O)c2ccccc2)N=C(c2ccccc2)CC12C(=O)N(Cc1ccccc1)c1ccc(Cl)cc12. The van der Waals surface area contributed by atoms with E-state index in [4.69, 9.17) is 16.7 Å². The number of amides is 2. The van der Waals surface area contributed by atoms with Gasteiger partial charge in [-0.2, -0.15) is 10.4 Å². The summed E-state index contributed by atoms with van der Waals surface area (Å²) in [4.78, 5) is 30.0. The molecule has 1 unspecified atom stereocenters. The molecule has 0 aliphatic carbocycles. The largest absolute Gasteiger partial charge is 0.307 e. The van der Waals surface area contributed by atoms with Crippen molar-refractivity contribution in [2.75, 3.05) is 4.90 Å². The highest BCUT2D eigenvalue weighted by Crippen LogP contribution is 2.51. The second-order valence-electron chi connectivity index (χ2n) is 9.70. The van der Waals surface area contributed by atoms with Gasteiger partial charge >= 0.3 is 0 Å². The molecule has 0 bridgehead atoms. The van der Waals surface area contributed by atoms with E-state index >= 15 is 0 Å². The van der Waals surface area contributed by atoms with Gasteiger partial charge in [-0.3, -0.25) is 9.59 Å². The molecule has 7 heteroatoms. The lowest BCUT2D eigenvalue weighted by atomic mass is 9.71. The van der Waals surface area contributed by atoms with E-state index in [1.165, 1.54) is 11.2 Å². The summed E-state index contributed by atoms with van der Waals surface area (Å²) in [7, 11) is 0.